The monoisotopic (exact) mass is 304 g/mol. The standard InChI is InChI=1S/C16H24N4O2/c21-16(19-13-5-3-1-2-4-6-13)20-10-7-14(12-20)22-15-11-17-8-9-18-15/h8-9,11,13-14H,1-7,10,12H2,(H,19,21). The van der Waals surface area contributed by atoms with Gasteiger partial charge in [-0.15, -0.1) is 0 Å². The van der Waals surface area contributed by atoms with E-state index in [1.165, 1.54) is 25.7 Å². The molecule has 0 aromatic carbocycles. The molecule has 1 aromatic heterocycles. The van der Waals surface area contributed by atoms with Gasteiger partial charge in [0.05, 0.1) is 12.7 Å². The Morgan fingerprint density at radius 1 is 1.18 bits per heavy atom. The number of nitrogens with one attached hydrogen (secondary N) is 1. The highest BCUT2D eigenvalue weighted by Gasteiger charge is 2.29. The molecule has 22 heavy (non-hydrogen) atoms. The van der Waals surface area contributed by atoms with Crippen molar-refractivity contribution in [3.8, 4) is 5.88 Å². The van der Waals surface area contributed by atoms with Crippen LogP contribution in [0.4, 0.5) is 4.79 Å². The molecular weight excluding hydrogens is 280 g/mol. The van der Waals surface area contributed by atoms with Gasteiger partial charge in [0.25, 0.3) is 0 Å². The van der Waals surface area contributed by atoms with Crippen molar-refractivity contribution in [2.24, 2.45) is 0 Å². The fourth-order valence-corrected chi connectivity index (χ4v) is 3.22. The zero-order valence-electron chi connectivity index (χ0n) is 12.9. The Balaban J connectivity index is 1.46. The first-order valence-electron chi connectivity index (χ1n) is 8.29. The summed E-state index contributed by atoms with van der Waals surface area (Å²) in [6, 6.07) is 0.395. The number of nitrogens with zero attached hydrogens (tertiary/aromatic N) is 3. The van der Waals surface area contributed by atoms with Crippen LogP contribution in [0.1, 0.15) is 44.9 Å². The second-order valence-electron chi connectivity index (χ2n) is 6.16. The Bertz CT molecular complexity index is 474. The summed E-state index contributed by atoms with van der Waals surface area (Å²) in [5.41, 5.74) is 0. The number of aromatic nitrogens is 2. The molecule has 0 spiro atoms. The van der Waals surface area contributed by atoms with Gasteiger partial charge in [0.2, 0.25) is 5.88 Å². The Morgan fingerprint density at radius 2 is 2.00 bits per heavy atom. The van der Waals surface area contributed by atoms with Crippen molar-refractivity contribution >= 4 is 6.03 Å². The van der Waals surface area contributed by atoms with E-state index < -0.39 is 0 Å². The van der Waals surface area contributed by atoms with Crippen LogP contribution in [0.2, 0.25) is 0 Å². The van der Waals surface area contributed by atoms with E-state index in [1.807, 2.05) is 4.90 Å². The van der Waals surface area contributed by atoms with Gasteiger partial charge < -0.3 is 15.0 Å². The SMILES string of the molecule is O=C(NC1CCCCCC1)N1CCC(Oc2cnccn2)C1. The van der Waals surface area contributed by atoms with Crippen LogP contribution in [0.15, 0.2) is 18.6 Å². The molecule has 1 aromatic rings. The van der Waals surface area contributed by atoms with Gasteiger partial charge in [-0.2, -0.15) is 0 Å². The predicted molar refractivity (Wildman–Crippen MR) is 82.7 cm³/mol. The molecule has 1 N–H and O–H groups in total. The number of amides is 2. The number of hydrogen-bond acceptors (Lipinski definition) is 4. The topological polar surface area (TPSA) is 67.4 Å². The highest BCUT2D eigenvalue weighted by Crippen LogP contribution is 2.19. The number of hydrogen-bond donors (Lipinski definition) is 1. The minimum Gasteiger partial charge on any atom is -0.471 e. The molecule has 2 fully saturated rings. The van der Waals surface area contributed by atoms with Crippen LogP contribution in [0.3, 0.4) is 0 Å². The van der Waals surface area contributed by atoms with Gasteiger partial charge in [-0.1, -0.05) is 25.7 Å². The average molecular weight is 304 g/mol. The maximum Gasteiger partial charge on any atom is 0.317 e. The lowest BCUT2D eigenvalue weighted by molar-refractivity contribution is 0.180. The van der Waals surface area contributed by atoms with Gasteiger partial charge in [-0.05, 0) is 12.8 Å². The summed E-state index contributed by atoms with van der Waals surface area (Å²) in [5.74, 6) is 0.526. The summed E-state index contributed by atoms with van der Waals surface area (Å²) in [7, 11) is 0. The molecule has 1 aliphatic heterocycles. The maximum absolute atomic E-state index is 12.4. The molecule has 2 amide bonds. The molecule has 6 heteroatoms. The van der Waals surface area contributed by atoms with E-state index in [-0.39, 0.29) is 12.1 Å². The van der Waals surface area contributed by atoms with Crippen LogP contribution in [-0.2, 0) is 0 Å². The second-order valence-corrected chi connectivity index (χ2v) is 6.16. The number of carbonyl (C=O) groups is 1. The minimum absolute atomic E-state index is 0.0107. The van der Waals surface area contributed by atoms with Crippen molar-refractivity contribution in [2.45, 2.75) is 57.1 Å². The van der Waals surface area contributed by atoms with Crippen LogP contribution in [0, 0.1) is 0 Å². The van der Waals surface area contributed by atoms with Gasteiger partial charge in [-0.3, -0.25) is 4.98 Å². The van der Waals surface area contributed by atoms with E-state index in [0.29, 0.717) is 18.5 Å². The fraction of sp³-hybridized carbons (Fsp3) is 0.688. The molecule has 120 valence electrons. The second kappa shape index (κ2) is 7.42. The van der Waals surface area contributed by atoms with Gasteiger partial charge >= 0.3 is 6.03 Å². The highest BCUT2D eigenvalue weighted by atomic mass is 16.5. The zero-order chi connectivity index (χ0) is 15.2. The first-order valence-corrected chi connectivity index (χ1v) is 8.29. The smallest absolute Gasteiger partial charge is 0.317 e. The van der Waals surface area contributed by atoms with Crippen molar-refractivity contribution in [3.05, 3.63) is 18.6 Å². The van der Waals surface area contributed by atoms with Crippen molar-refractivity contribution in [3.63, 3.8) is 0 Å². The molecule has 1 unspecified atom stereocenters. The Kier molecular flexibility index (Phi) is 5.08. The lowest BCUT2D eigenvalue weighted by atomic mass is 10.1. The van der Waals surface area contributed by atoms with E-state index in [4.69, 9.17) is 4.74 Å². The Morgan fingerprint density at radius 3 is 2.73 bits per heavy atom. The largest absolute Gasteiger partial charge is 0.471 e. The predicted octanol–water partition coefficient (Wildman–Crippen LogP) is 2.36. The third-order valence-electron chi connectivity index (χ3n) is 4.44. The van der Waals surface area contributed by atoms with Crippen LogP contribution >= 0.6 is 0 Å². The van der Waals surface area contributed by atoms with Crippen LogP contribution in [0.5, 0.6) is 5.88 Å². The third kappa shape index (κ3) is 4.08. The first-order chi connectivity index (χ1) is 10.8. The van der Waals surface area contributed by atoms with Gasteiger partial charge in [-0.25, -0.2) is 9.78 Å². The summed E-state index contributed by atoms with van der Waals surface area (Å²) < 4.78 is 5.77. The van der Waals surface area contributed by atoms with E-state index >= 15 is 0 Å². The van der Waals surface area contributed by atoms with Crippen LogP contribution < -0.4 is 10.1 Å². The molecule has 0 bridgehead atoms. The molecule has 1 aliphatic carbocycles. The maximum atomic E-state index is 12.4. The van der Waals surface area contributed by atoms with Crippen LogP contribution in [0.25, 0.3) is 0 Å². The molecule has 2 heterocycles. The number of likely N-dealkylation sites (tertiary alicyclic amines) is 1. The molecule has 6 nitrogen and oxygen atoms in total. The molecule has 1 saturated carbocycles. The lowest BCUT2D eigenvalue weighted by Crippen LogP contribution is -2.44. The van der Waals surface area contributed by atoms with Crippen molar-refractivity contribution < 1.29 is 9.53 Å². The normalized spacial score (nSPS) is 23.1. The zero-order valence-corrected chi connectivity index (χ0v) is 12.9. The molecule has 1 saturated heterocycles. The van der Waals surface area contributed by atoms with Gasteiger partial charge in [0.1, 0.15) is 6.10 Å². The first kappa shape index (κ1) is 15.1. The summed E-state index contributed by atoms with van der Waals surface area (Å²) in [5, 5.41) is 3.19. The number of urea groups is 1. The van der Waals surface area contributed by atoms with Gasteiger partial charge in [0, 0.05) is 31.4 Å². The third-order valence-corrected chi connectivity index (χ3v) is 4.44. The summed E-state index contributed by atoms with van der Waals surface area (Å²) in [6.07, 6.45) is 13.0. The summed E-state index contributed by atoms with van der Waals surface area (Å²) in [4.78, 5) is 22.3. The van der Waals surface area contributed by atoms with E-state index in [2.05, 4.69) is 15.3 Å². The number of rotatable bonds is 3. The average Bonchev–Trinajstić information content (AvgIpc) is 2.85. The molecular formula is C16H24N4O2. The van der Waals surface area contributed by atoms with Crippen molar-refractivity contribution in [1.82, 2.24) is 20.2 Å². The number of carbonyl (C=O) groups excluding carboxylic acids is 1. The Labute approximate surface area is 131 Å². The lowest BCUT2D eigenvalue weighted by Gasteiger charge is -2.22. The molecule has 3 rings (SSSR count). The molecule has 2 aliphatic rings. The molecule has 1 atom stereocenters. The van der Waals surface area contributed by atoms with E-state index in [0.717, 1.165) is 25.8 Å². The van der Waals surface area contributed by atoms with Crippen molar-refractivity contribution in [1.29, 1.82) is 0 Å². The quantitative estimate of drug-likeness (QED) is 0.871. The fourth-order valence-electron chi connectivity index (χ4n) is 3.22. The van der Waals surface area contributed by atoms with Crippen molar-refractivity contribution in [2.75, 3.05) is 13.1 Å². The van der Waals surface area contributed by atoms with Gasteiger partial charge in [0.15, 0.2) is 0 Å². The highest BCUT2D eigenvalue weighted by molar-refractivity contribution is 5.74. The van der Waals surface area contributed by atoms with E-state index in [1.54, 1.807) is 18.6 Å². The minimum atomic E-state index is 0.0107. The Hall–Kier alpha value is -1.85. The summed E-state index contributed by atoms with van der Waals surface area (Å²) in [6.45, 7) is 1.36. The van der Waals surface area contributed by atoms with Crippen LogP contribution in [-0.4, -0.2) is 46.1 Å². The van der Waals surface area contributed by atoms with E-state index in [9.17, 15) is 4.79 Å². The number of ether oxygens (including phenoxy) is 1. The summed E-state index contributed by atoms with van der Waals surface area (Å²) >= 11 is 0. The molecule has 0 radical (unpaired) electrons.